The molecule has 11 amide bonds. The van der Waals surface area contributed by atoms with Crippen molar-refractivity contribution in [2.45, 2.75) is 282 Å². The van der Waals surface area contributed by atoms with Gasteiger partial charge in [-0.15, -0.1) is 0 Å². The largest absolute Gasteiger partial charge is 0.447 e. The molecule has 0 unspecified atom stereocenters. The van der Waals surface area contributed by atoms with E-state index in [0.29, 0.717) is 49.9 Å². The molecule has 0 radical (unpaired) electrons. The molecular weight excluding hydrogens is 1740 g/mol. The van der Waals surface area contributed by atoms with Gasteiger partial charge in [-0.3, -0.25) is 33.6 Å². The van der Waals surface area contributed by atoms with E-state index in [-0.39, 0.29) is 114 Å². The summed E-state index contributed by atoms with van der Waals surface area (Å²) in [5, 5.41) is 24.4. The molecule has 0 bridgehead atoms. The van der Waals surface area contributed by atoms with Crippen molar-refractivity contribution in [1.82, 2.24) is 21.3 Å². The Morgan fingerprint density at radius 3 is 0.913 bits per heavy atom. The summed E-state index contributed by atoms with van der Waals surface area (Å²) < 4.78 is 21.2. The lowest BCUT2D eigenvalue weighted by molar-refractivity contribution is -0.123. The molecule has 8 N–H and O–H groups in total. The van der Waals surface area contributed by atoms with Crippen LogP contribution in [-0.2, 0) is 58.9 Å². The van der Waals surface area contributed by atoms with E-state index >= 15 is 0 Å². The van der Waals surface area contributed by atoms with Crippen molar-refractivity contribution in [3.63, 3.8) is 0 Å². The zero-order chi connectivity index (χ0) is 100. The molecule has 9 aromatic carbocycles. The normalized spacial score (nSPS) is 18.0. The van der Waals surface area contributed by atoms with Gasteiger partial charge in [-0.05, 0) is 297 Å². The fraction of sp³-hybridized carbons (Fsp3) is 0.414. The third-order valence-electron chi connectivity index (χ3n) is 24.8. The topological polar surface area (TPSA) is 334 Å². The van der Waals surface area contributed by atoms with Crippen molar-refractivity contribution < 1.29 is 71.7 Å². The Kier molecular flexibility index (Phi) is 36.2. The second-order valence-electron chi connectivity index (χ2n) is 38.6. The van der Waals surface area contributed by atoms with Gasteiger partial charge in [0.15, 0.2) is 0 Å². The first-order chi connectivity index (χ1) is 65.6. The number of ether oxygens (including phenoxy) is 4. The van der Waals surface area contributed by atoms with Crippen molar-refractivity contribution in [2.75, 3.05) is 47.4 Å². The summed E-state index contributed by atoms with van der Waals surface area (Å²) in [6.45, 7) is 37.1. The first kappa shape index (κ1) is 105. The monoisotopic (exact) mass is 1880 g/mol. The fourth-order valence-electron chi connectivity index (χ4n) is 18.5. The van der Waals surface area contributed by atoms with E-state index in [1.807, 2.05) is 238 Å². The molecule has 0 spiro atoms. The van der Waals surface area contributed by atoms with Crippen LogP contribution in [0.4, 0.5) is 64.7 Å². The van der Waals surface area contributed by atoms with Gasteiger partial charge < -0.3 is 81.1 Å². The average molecular weight is 1880 g/mol. The maximum absolute atomic E-state index is 12.6. The van der Waals surface area contributed by atoms with Gasteiger partial charge in [0.25, 0.3) is 0 Å². The van der Waals surface area contributed by atoms with Crippen LogP contribution in [0.25, 0.3) is 44.5 Å². The number of hydrogen-bond donors (Lipinski definition) is 8. The quantitative estimate of drug-likeness (QED) is 0.0310. The molecule has 732 valence electrons. The smallest absolute Gasteiger partial charge is 0.407 e. The molecule has 27 nitrogen and oxygen atoms in total. The lowest BCUT2D eigenvalue weighted by Crippen LogP contribution is -2.45. The van der Waals surface area contributed by atoms with Crippen LogP contribution in [0.5, 0.6) is 0 Å². The minimum Gasteiger partial charge on any atom is -0.447 e. The second-order valence-corrected chi connectivity index (χ2v) is 38.6. The zero-order valence-corrected chi connectivity index (χ0v) is 83.5. The number of amides is 11. The third-order valence-corrected chi connectivity index (χ3v) is 24.8. The molecule has 4 heterocycles. The van der Waals surface area contributed by atoms with Crippen LogP contribution in [0.1, 0.15) is 255 Å². The van der Waals surface area contributed by atoms with E-state index in [4.69, 9.17) is 18.9 Å². The molecule has 27 heteroatoms. The van der Waals surface area contributed by atoms with Crippen LogP contribution < -0.4 is 62.1 Å². The number of alkyl carbamates (subject to hydrolysis) is 4. The first-order valence-electron chi connectivity index (χ1n) is 48.3. The molecule has 1 aliphatic carbocycles. The summed E-state index contributed by atoms with van der Waals surface area (Å²) in [6.07, 6.45) is 6.98. The number of rotatable bonds is 21. The van der Waals surface area contributed by atoms with Crippen LogP contribution in [0, 0.1) is 11.3 Å². The first-order valence-corrected chi connectivity index (χ1v) is 48.3. The number of fused-ring (bicyclic) bond motifs is 4. The summed E-state index contributed by atoms with van der Waals surface area (Å²) in [5.74, 6) is 0.425. The standard InChI is InChI=1S/C30H33N3O4.C29H39N3O3.C27H35N3O4.C25H31N3O4/c1-19(2)37-30(36)32-27-15-20(3)33(21(4)34)28-14-13-24(18-26(27)28)23-11-8-12-25(17-23)31-29(35)16-22-9-6-5-7-10-22;1-19(2)35-29(34)31-27-15-20(3)32(21(4)33)28-14-13-24(17-26(27)28)23-11-8-12-25(16-23)30-18-22-9-6-5-7-10-22;1-16(2)34-26(33)29-23-13-17(3)30(18(4)31)24-12-11-20(15-22(23)24)19-9-8-10-21(14-19)28-25(32)27(5,6)7;1-6-24(30)26-20-9-7-8-18(13-20)19-10-11-23-21(14-19)22(27-25(31)32-15(2)3)12-16(4)28(23)17(5)29/h5-14,17-20,27H,15-16H2,1-4H3,(H,31,35)(H,32,36);8,11-14,16-17,19-20,22,27,30H,5-7,9-10,15,18H2,1-4H3,(H,31,34);8-12,14-17,23H,13H2,1-7H3,(H,28,32)(H,29,33);7-11,13-16,22H,6,12H2,1-5H3,(H,26,30)(H,27,31)/t2*20-,27+;17-,23+;16-,22+/m0000/s1. The highest BCUT2D eigenvalue weighted by molar-refractivity contribution is 6.00. The Labute approximate surface area is 812 Å². The van der Waals surface area contributed by atoms with E-state index in [2.05, 4.69) is 78.9 Å². The van der Waals surface area contributed by atoms with Crippen LogP contribution in [0.15, 0.2) is 200 Å². The van der Waals surface area contributed by atoms with E-state index in [9.17, 15) is 52.7 Å². The van der Waals surface area contributed by atoms with E-state index < -0.39 is 29.8 Å². The molecule has 138 heavy (non-hydrogen) atoms. The number of carbonyl (C=O) groups excluding carboxylic acids is 11. The maximum atomic E-state index is 12.6. The van der Waals surface area contributed by atoms with Gasteiger partial charge in [-0.1, -0.05) is 150 Å². The predicted molar refractivity (Wildman–Crippen MR) is 547 cm³/mol. The van der Waals surface area contributed by atoms with E-state index in [1.165, 1.54) is 32.1 Å². The molecule has 0 saturated heterocycles. The second kappa shape index (κ2) is 47.8. The number of carbonyl (C=O) groups is 11. The van der Waals surface area contributed by atoms with Crippen molar-refractivity contribution in [3.05, 3.63) is 228 Å². The Morgan fingerprint density at radius 1 is 0.341 bits per heavy atom. The predicted octanol–water partition coefficient (Wildman–Crippen LogP) is 23.2. The van der Waals surface area contributed by atoms with Crippen molar-refractivity contribution in [2.24, 2.45) is 11.3 Å². The average Bonchev–Trinajstić information content (AvgIpc) is 0.777. The maximum Gasteiger partial charge on any atom is 0.407 e. The summed E-state index contributed by atoms with van der Waals surface area (Å²) in [5.41, 5.74) is 18.1. The van der Waals surface area contributed by atoms with Crippen molar-refractivity contribution in [3.8, 4) is 44.5 Å². The fourth-order valence-corrected chi connectivity index (χ4v) is 18.5. The molecule has 9 aromatic rings. The van der Waals surface area contributed by atoms with Crippen LogP contribution in [0.3, 0.4) is 0 Å². The lowest BCUT2D eigenvalue weighted by Gasteiger charge is -2.39. The molecule has 8 atom stereocenters. The lowest BCUT2D eigenvalue weighted by atomic mass is 9.89. The molecule has 1 fully saturated rings. The van der Waals surface area contributed by atoms with E-state index in [1.54, 1.807) is 83.9 Å². The third kappa shape index (κ3) is 28.4. The van der Waals surface area contributed by atoms with Gasteiger partial charge in [0.05, 0.1) is 55.0 Å². The van der Waals surface area contributed by atoms with Gasteiger partial charge in [0, 0.05) is 116 Å². The van der Waals surface area contributed by atoms with Gasteiger partial charge in [0.2, 0.25) is 41.4 Å². The molecule has 0 aromatic heterocycles. The van der Waals surface area contributed by atoms with Crippen LogP contribution >= 0.6 is 0 Å². The summed E-state index contributed by atoms with van der Waals surface area (Å²) in [4.78, 5) is 143. The zero-order valence-electron chi connectivity index (χ0n) is 83.5. The Bertz CT molecular complexity index is 5840. The summed E-state index contributed by atoms with van der Waals surface area (Å²) in [6, 6.07) is 63.5. The SMILES string of the molecule is CC(=O)N1c2ccc(-c3cccc(NC(=O)C(C)(C)C)c3)cc2[C@H](NC(=O)OC(C)C)C[C@@H]1C.CC(=O)N1c2ccc(-c3cccc(NC(=O)Cc4ccccc4)c3)cc2[C@H](NC(=O)OC(C)C)C[C@@H]1C.CC(=O)N1c2ccc(-c3cccc(NCC4CCCCC4)c3)cc2[C@H](NC(=O)OC(C)C)C[C@@H]1C.CCC(=O)Nc1cccc(-c2ccc3c(c2)[C@H](NC(=O)OC(C)C)C[C@H](C)N3C(C)=O)c1. The van der Waals surface area contributed by atoms with Crippen molar-refractivity contribution in [1.29, 1.82) is 0 Å². The molecular formula is C111H138N12O15. The number of anilines is 8. The van der Waals surface area contributed by atoms with Crippen LogP contribution in [-0.4, -0.2) is 121 Å². The highest BCUT2D eigenvalue weighted by Gasteiger charge is 2.40. The highest BCUT2D eigenvalue weighted by atomic mass is 16.6. The summed E-state index contributed by atoms with van der Waals surface area (Å²) in [7, 11) is 0. The van der Waals surface area contributed by atoms with Gasteiger partial charge in [-0.2, -0.15) is 0 Å². The molecule has 14 rings (SSSR count). The Morgan fingerprint density at radius 2 is 0.623 bits per heavy atom. The van der Waals surface area contributed by atoms with Gasteiger partial charge in [-0.25, -0.2) is 19.2 Å². The van der Waals surface area contributed by atoms with Gasteiger partial charge in [0.1, 0.15) is 0 Å². The number of nitrogens with zero attached hydrogens (tertiary/aromatic N) is 4. The molecule has 4 aliphatic heterocycles. The number of benzene rings is 9. The van der Waals surface area contributed by atoms with E-state index in [0.717, 1.165) is 119 Å². The number of hydrogen-bond acceptors (Lipinski definition) is 16. The highest BCUT2D eigenvalue weighted by Crippen LogP contribution is 2.46. The van der Waals surface area contributed by atoms with Gasteiger partial charge >= 0.3 is 24.4 Å². The Hall–Kier alpha value is -13.9. The minimum atomic E-state index is -0.502. The minimum absolute atomic E-state index is 0.00335. The van der Waals surface area contributed by atoms with Crippen molar-refractivity contribution >= 4 is 111 Å². The molecule has 5 aliphatic rings. The number of nitrogens with one attached hydrogen (secondary N) is 8. The van der Waals surface area contributed by atoms with Crippen LogP contribution in [0.2, 0.25) is 0 Å². The Balaban J connectivity index is 0.000000177. The molecule has 1 saturated carbocycles. The summed E-state index contributed by atoms with van der Waals surface area (Å²) >= 11 is 0.